The van der Waals surface area contributed by atoms with E-state index in [9.17, 15) is 4.79 Å². The Morgan fingerprint density at radius 3 is 2.48 bits per heavy atom. The molecule has 0 aliphatic carbocycles. The molecule has 0 radical (unpaired) electrons. The molecule has 5 heteroatoms. The number of carbonyl (C=O) groups is 1. The molecule has 0 amide bonds. The number of thiazole rings is 1. The van der Waals surface area contributed by atoms with Crippen molar-refractivity contribution in [2.24, 2.45) is 0 Å². The summed E-state index contributed by atoms with van der Waals surface area (Å²) < 4.78 is 6.22. The number of ether oxygens (including phenoxy) is 1. The van der Waals surface area contributed by atoms with Crippen molar-refractivity contribution in [3.05, 3.63) is 64.7 Å². The average Bonchev–Trinajstić information content (AvgIpc) is 3.04. The highest BCUT2D eigenvalue weighted by molar-refractivity contribution is 7.13. The van der Waals surface area contributed by atoms with Gasteiger partial charge in [-0.2, -0.15) is 0 Å². The standard InChI is InChI=1S/C22H23NO3S/c1-14-6-5-7-18(22(2,3)4)20(14)26-17-10-8-15(9-11-17)21-23-16(13-27-21)12-19(24)25/h5-11,13H,12H2,1-4H3,(H,24,25). The van der Waals surface area contributed by atoms with Gasteiger partial charge in [-0.3, -0.25) is 4.79 Å². The van der Waals surface area contributed by atoms with E-state index in [1.807, 2.05) is 24.3 Å². The molecule has 0 atom stereocenters. The summed E-state index contributed by atoms with van der Waals surface area (Å²) in [5.41, 5.74) is 3.79. The zero-order valence-electron chi connectivity index (χ0n) is 15.9. The molecular formula is C22H23NO3S. The lowest BCUT2D eigenvalue weighted by Crippen LogP contribution is -2.13. The minimum absolute atomic E-state index is 0.0112. The number of carboxylic acids is 1. The van der Waals surface area contributed by atoms with E-state index in [0.29, 0.717) is 5.69 Å². The topological polar surface area (TPSA) is 59.4 Å². The number of rotatable bonds is 5. The summed E-state index contributed by atoms with van der Waals surface area (Å²) >= 11 is 1.45. The normalized spacial score (nSPS) is 11.4. The number of carboxylic acid groups (broad SMARTS) is 1. The SMILES string of the molecule is Cc1cccc(C(C)(C)C)c1Oc1ccc(-c2nc(CC(=O)O)cs2)cc1. The molecular weight excluding hydrogens is 358 g/mol. The third kappa shape index (κ3) is 4.55. The van der Waals surface area contributed by atoms with Crippen LogP contribution in [0.5, 0.6) is 11.5 Å². The molecule has 1 heterocycles. The molecule has 27 heavy (non-hydrogen) atoms. The van der Waals surface area contributed by atoms with Crippen LogP contribution in [0.15, 0.2) is 47.8 Å². The molecule has 140 valence electrons. The van der Waals surface area contributed by atoms with E-state index in [4.69, 9.17) is 9.84 Å². The van der Waals surface area contributed by atoms with Gasteiger partial charge in [-0.05, 0) is 42.2 Å². The second kappa shape index (κ2) is 7.53. The molecule has 0 saturated heterocycles. The number of hydrogen-bond acceptors (Lipinski definition) is 4. The van der Waals surface area contributed by atoms with Crippen molar-refractivity contribution in [2.75, 3.05) is 0 Å². The lowest BCUT2D eigenvalue weighted by atomic mass is 9.85. The Bertz CT molecular complexity index is 952. The van der Waals surface area contributed by atoms with Gasteiger partial charge in [-0.1, -0.05) is 39.0 Å². The van der Waals surface area contributed by atoms with Gasteiger partial charge in [0.05, 0.1) is 12.1 Å². The lowest BCUT2D eigenvalue weighted by Gasteiger charge is -2.24. The molecule has 0 fully saturated rings. The molecule has 3 rings (SSSR count). The van der Waals surface area contributed by atoms with Crippen LogP contribution in [0, 0.1) is 6.92 Å². The van der Waals surface area contributed by atoms with Crippen molar-refractivity contribution < 1.29 is 14.6 Å². The van der Waals surface area contributed by atoms with Crippen molar-refractivity contribution in [1.82, 2.24) is 4.98 Å². The van der Waals surface area contributed by atoms with Crippen LogP contribution >= 0.6 is 11.3 Å². The predicted molar refractivity (Wildman–Crippen MR) is 109 cm³/mol. The van der Waals surface area contributed by atoms with Crippen LogP contribution in [-0.2, 0) is 16.6 Å². The Morgan fingerprint density at radius 2 is 1.85 bits per heavy atom. The van der Waals surface area contributed by atoms with Crippen LogP contribution in [0.25, 0.3) is 10.6 Å². The molecule has 1 N–H and O–H groups in total. The van der Waals surface area contributed by atoms with E-state index < -0.39 is 5.97 Å². The Morgan fingerprint density at radius 1 is 1.15 bits per heavy atom. The lowest BCUT2D eigenvalue weighted by molar-refractivity contribution is -0.136. The van der Waals surface area contributed by atoms with E-state index in [1.165, 1.54) is 16.9 Å². The maximum atomic E-state index is 10.8. The predicted octanol–water partition coefficient (Wildman–Crippen LogP) is 5.84. The summed E-state index contributed by atoms with van der Waals surface area (Å²) in [6, 6.07) is 14.0. The molecule has 0 saturated carbocycles. The zero-order valence-corrected chi connectivity index (χ0v) is 16.8. The fourth-order valence-corrected chi connectivity index (χ4v) is 3.66. The third-order valence-electron chi connectivity index (χ3n) is 4.23. The van der Waals surface area contributed by atoms with Crippen LogP contribution < -0.4 is 4.74 Å². The summed E-state index contributed by atoms with van der Waals surface area (Å²) in [5, 5.41) is 11.5. The number of aliphatic carboxylic acids is 1. The summed E-state index contributed by atoms with van der Waals surface area (Å²) in [6.45, 7) is 8.58. The van der Waals surface area contributed by atoms with Gasteiger partial charge in [-0.15, -0.1) is 11.3 Å². The van der Waals surface area contributed by atoms with Gasteiger partial charge >= 0.3 is 5.97 Å². The number of nitrogens with zero attached hydrogens (tertiary/aromatic N) is 1. The summed E-state index contributed by atoms with van der Waals surface area (Å²) in [4.78, 5) is 15.2. The molecule has 0 bridgehead atoms. The molecule has 2 aromatic carbocycles. The van der Waals surface area contributed by atoms with E-state index in [1.54, 1.807) is 5.38 Å². The van der Waals surface area contributed by atoms with E-state index in [0.717, 1.165) is 27.6 Å². The highest BCUT2D eigenvalue weighted by Crippen LogP contribution is 2.37. The average molecular weight is 381 g/mol. The maximum Gasteiger partial charge on any atom is 0.309 e. The fourth-order valence-electron chi connectivity index (χ4n) is 2.84. The third-order valence-corrected chi connectivity index (χ3v) is 5.17. The maximum absolute atomic E-state index is 10.8. The van der Waals surface area contributed by atoms with Crippen LogP contribution in [-0.4, -0.2) is 16.1 Å². The molecule has 0 spiro atoms. The van der Waals surface area contributed by atoms with E-state index in [-0.39, 0.29) is 11.8 Å². The number of hydrogen-bond donors (Lipinski definition) is 1. The first-order valence-electron chi connectivity index (χ1n) is 8.78. The number of aryl methyl sites for hydroxylation is 1. The quantitative estimate of drug-likeness (QED) is 0.603. The first-order chi connectivity index (χ1) is 12.7. The minimum atomic E-state index is -0.872. The highest BCUT2D eigenvalue weighted by atomic mass is 32.1. The van der Waals surface area contributed by atoms with Crippen LogP contribution in [0.3, 0.4) is 0 Å². The number of aromatic nitrogens is 1. The van der Waals surface area contributed by atoms with Crippen molar-refractivity contribution in [2.45, 2.75) is 39.5 Å². The first-order valence-corrected chi connectivity index (χ1v) is 9.66. The van der Waals surface area contributed by atoms with Gasteiger partial charge < -0.3 is 9.84 Å². The largest absolute Gasteiger partial charge is 0.481 e. The number of benzene rings is 2. The monoisotopic (exact) mass is 381 g/mol. The van der Waals surface area contributed by atoms with Crippen molar-refractivity contribution in [3.63, 3.8) is 0 Å². The van der Waals surface area contributed by atoms with Crippen molar-refractivity contribution in [3.8, 4) is 22.1 Å². The Kier molecular flexibility index (Phi) is 5.33. The van der Waals surface area contributed by atoms with Crippen molar-refractivity contribution >= 4 is 17.3 Å². The number of para-hydroxylation sites is 1. The van der Waals surface area contributed by atoms with Gasteiger partial charge in [-0.25, -0.2) is 4.98 Å². The van der Waals surface area contributed by atoms with Gasteiger partial charge in [0.1, 0.15) is 16.5 Å². The second-order valence-corrected chi connectivity index (χ2v) is 8.40. The van der Waals surface area contributed by atoms with Crippen LogP contribution in [0.4, 0.5) is 0 Å². The van der Waals surface area contributed by atoms with Gasteiger partial charge in [0, 0.05) is 16.5 Å². The van der Waals surface area contributed by atoms with Gasteiger partial charge in [0.25, 0.3) is 0 Å². The van der Waals surface area contributed by atoms with Gasteiger partial charge in [0.15, 0.2) is 0 Å². The summed E-state index contributed by atoms with van der Waals surface area (Å²) in [6.07, 6.45) is -0.0550. The molecule has 1 aromatic heterocycles. The highest BCUT2D eigenvalue weighted by Gasteiger charge is 2.20. The molecule has 0 unspecified atom stereocenters. The Balaban J connectivity index is 1.83. The van der Waals surface area contributed by atoms with Gasteiger partial charge in [0.2, 0.25) is 0 Å². The van der Waals surface area contributed by atoms with Crippen LogP contribution in [0.1, 0.15) is 37.6 Å². The van der Waals surface area contributed by atoms with E-state index >= 15 is 0 Å². The molecule has 3 aromatic rings. The summed E-state index contributed by atoms with van der Waals surface area (Å²) in [7, 11) is 0. The Hall–Kier alpha value is -2.66. The second-order valence-electron chi connectivity index (χ2n) is 7.54. The molecule has 4 nitrogen and oxygen atoms in total. The summed E-state index contributed by atoms with van der Waals surface area (Å²) in [5.74, 6) is 0.792. The van der Waals surface area contributed by atoms with Crippen molar-refractivity contribution in [1.29, 1.82) is 0 Å². The fraction of sp³-hybridized carbons (Fsp3) is 0.273. The molecule has 0 aliphatic heterocycles. The zero-order chi connectivity index (χ0) is 19.6. The van der Waals surface area contributed by atoms with E-state index in [2.05, 4.69) is 50.9 Å². The molecule has 0 aliphatic rings. The minimum Gasteiger partial charge on any atom is -0.481 e. The Labute approximate surface area is 163 Å². The first kappa shape index (κ1) is 19.1. The smallest absolute Gasteiger partial charge is 0.309 e. The van der Waals surface area contributed by atoms with Crippen LogP contribution in [0.2, 0.25) is 0 Å².